The number of halogens is 3. The van der Waals surface area contributed by atoms with Crippen molar-refractivity contribution in [2.24, 2.45) is 11.7 Å². The summed E-state index contributed by atoms with van der Waals surface area (Å²) >= 11 is 0. The Balaban J connectivity index is 3.08. The lowest BCUT2D eigenvalue weighted by molar-refractivity contribution is -0.137. The minimum atomic E-state index is -4.53. The number of alkyl halides is 3. The lowest BCUT2D eigenvalue weighted by Crippen LogP contribution is -2.39. The van der Waals surface area contributed by atoms with E-state index in [1.807, 2.05) is 0 Å². The molecule has 1 atom stereocenters. The van der Waals surface area contributed by atoms with Gasteiger partial charge in [-0.15, -0.1) is 0 Å². The predicted octanol–water partition coefficient (Wildman–Crippen LogP) is 1.60. The molecule has 1 amide bonds. The van der Waals surface area contributed by atoms with Crippen LogP contribution in [0, 0.1) is 5.92 Å². The number of aromatic nitrogens is 1. The van der Waals surface area contributed by atoms with Gasteiger partial charge in [-0.2, -0.15) is 13.2 Å². The standard InChI is InChI=1S/C11H15F3N4O/c1-5(2)9(10(16)19)18-8-4-6(11(12,13)14)3-7(15)17-8/h3-5,9H,1-2H3,(H2,16,19)(H3,15,17,18). The van der Waals surface area contributed by atoms with Crippen molar-refractivity contribution in [3.05, 3.63) is 17.7 Å². The predicted molar refractivity (Wildman–Crippen MR) is 65.1 cm³/mol. The number of hydrogen-bond acceptors (Lipinski definition) is 4. The van der Waals surface area contributed by atoms with E-state index in [2.05, 4.69) is 10.3 Å². The number of rotatable bonds is 4. The van der Waals surface area contributed by atoms with Gasteiger partial charge in [0.1, 0.15) is 17.7 Å². The molecule has 0 saturated heterocycles. The molecule has 0 bridgehead atoms. The number of anilines is 2. The van der Waals surface area contributed by atoms with Gasteiger partial charge in [0.05, 0.1) is 5.56 Å². The monoisotopic (exact) mass is 276 g/mol. The zero-order chi connectivity index (χ0) is 14.8. The topological polar surface area (TPSA) is 94.0 Å². The summed E-state index contributed by atoms with van der Waals surface area (Å²) in [7, 11) is 0. The first-order chi connectivity index (χ1) is 8.61. The number of nitrogens with zero attached hydrogens (tertiary/aromatic N) is 1. The first-order valence-corrected chi connectivity index (χ1v) is 5.52. The van der Waals surface area contributed by atoms with Gasteiger partial charge in [0.25, 0.3) is 0 Å². The lowest BCUT2D eigenvalue weighted by Gasteiger charge is -2.20. The molecular weight excluding hydrogens is 261 g/mol. The highest BCUT2D eigenvalue weighted by molar-refractivity contribution is 5.83. The molecule has 0 aliphatic heterocycles. The number of amides is 1. The molecule has 0 aliphatic rings. The molecule has 0 saturated carbocycles. The average Bonchev–Trinajstić information content (AvgIpc) is 2.23. The molecule has 1 unspecified atom stereocenters. The van der Waals surface area contributed by atoms with Crippen molar-refractivity contribution in [1.29, 1.82) is 0 Å². The van der Waals surface area contributed by atoms with Gasteiger partial charge in [-0.1, -0.05) is 13.8 Å². The maximum Gasteiger partial charge on any atom is 0.416 e. The summed E-state index contributed by atoms with van der Waals surface area (Å²) in [4.78, 5) is 14.9. The van der Waals surface area contributed by atoms with Crippen LogP contribution in [0.4, 0.5) is 24.8 Å². The summed E-state index contributed by atoms with van der Waals surface area (Å²) in [6, 6.07) is 0.685. The Bertz CT molecular complexity index is 473. The maximum atomic E-state index is 12.6. The van der Waals surface area contributed by atoms with Gasteiger partial charge in [-0.25, -0.2) is 4.98 Å². The third-order valence-electron chi connectivity index (χ3n) is 2.45. The van der Waals surface area contributed by atoms with Gasteiger partial charge < -0.3 is 16.8 Å². The van der Waals surface area contributed by atoms with E-state index >= 15 is 0 Å². The molecule has 1 aromatic heterocycles. The fourth-order valence-corrected chi connectivity index (χ4v) is 1.52. The minimum Gasteiger partial charge on any atom is -0.384 e. The van der Waals surface area contributed by atoms with Crippen molar-refractivity contribution in [1.82, 2.24) is 4.98 Å². The average molecular weight is 276 g/mol. The molecule has 106 valence electrons. The van der Waals surface area contributed by atoms with Crippen LogP contribution in [-0.4, -0.2) is 16.9 Å². The van der Waals surface area contributed by atoms with Gasteiger partial charge in [-0.05, 0) is 18.1 Å². The molecule has 0 aromatic carbocycles. The summed E-state index contributed by atoms with van der Waals surface area (Å²) in [5.41, 5.74) is 9.55. The summed E-state index contributed by atoms with van der Waals surface area (Å²) in [6.07, 6.45) is -4.53. The largest absolute Gasteiger partial charge is 0.416 e. The van der Waals surface area contributed by atoms with Crippen molar-refractivity contribution < 1.29 is 18.0 Å². The van der Waals surface area contributed by atoms with Crippen LogP contribution in [0.1, 0.15) is 19.4 Å². The Morgan fingerprint density at radius 1 is 1.37 bits per heavy atom. The molecule has 1 aromatic rings. The first kappa shape index (κ1) is 15.1. The van der Waals surface area contributed by atoms with E-state index in [0.717, 1.165) is 12.1 Å². The van der Waals surface area contributed by atoms with Crippen molar-refractivity contribution in [2.45, 2.75) is 26.1 Å². The number of nitrogen functional groups attached to an aromatic ring is 1. The second kappa shape index (κ2) is 5.33. The van der Waals surface area contributed by atoms with E-state index in [1.54, 1.807) is 13.8 Å². The number of pyridine rings is 1. The Morgan fingerprint density at radius 2 is 1.95 bits per heavy atom. The van der Waals surface area contributed by atoms with Crippen LogP contribution < -0.4 is 16.8 Å². The highest BCUT2D eigenvalue weighted by atomic mass is 19.4. The quantitative estimate of drug-likeness (QED) is 0.778. The number of primary amides is 1. The fraction of sp³-hybridized carbons (Fsp3) is 0.455. The second-order valence-electron chi connectivity index (χ2n) is 4.43. The lowest BCUT2D eigenvalue weighted by atomic mass is 10.0. The maximum absolute atomic E-state index is 12.6. The van der Waals surface area contributed by atoms with Crippen LogP contribution in [0.2, 0.25) is 0 Å². The summed E-state index contributed by atoms with van der Waals surface area (Å²) < 4.78 is 37.8. The number of carbonyl (C=O) groups is 1. The normalized spacial score (nSPS) is 13.4. The highest BCUT2D eigenvalue weighted by Crippen LogP contribution is 2.31. The molecule has 5 nitrogen and oxygen atoms in total. The van der Waals surface area contributed by atoms with E-state index in [9.17, 15) is 18.0 Å². The van der Waals surface area contributed by atoms with E-state index in [0.29, 0.717) is 0 Å². The zero-order valence-corrected chi connectivity index (χ0v) is 10.5. The van der Waals surface area contributed by atoms with E-state index < -0.39 is 23.7 Å². The van der Waals surface area contributed by atoms with Crippen LogP contribution >= 0.6 is 0 Å². The first-order valence-electron chi connectivity index (χ1n) is 5.52. The van der Waals surface area contributed by atoms with Gasteiger partial charge in [0.15, 0.2) is 0 Å². The summed E-state index contributed by atoms with van der Waals surface area (Å²) in [5, 5.41) is 2.57. The van der Waals surface area contributed by atoms with E-state index in [1.165, 1.54) is 0 Å². The van der Waals surface area contributed by atoms with E-state index in [-0.39, 0.29) is 17.6 Å². The Labute approximate surface area is 108 Å². The van der Waals surface area contributed by atoms with Crippen molar-refractivity contribution in [3.63, 3.8) is 0 Å². The Morgan fingerprint density at radius 3 is 2.37 bits per heavy atom. The molecule has 0 spiro atoms. The number of nitrogens with one attached hydrogen (secondary N) is 1. The number of nitrogens with two attached hydrogens (primary N) is 2. The van der Waals surface area contributed by atoms with Crippen molar-refractivity contribution in [2.75, 3.05) is 11.1 Å². The van der Waals surface area contributed by atoms with Crippen LogP contribution in [0.15, 0.2) is 12.1 Å². The fourth-order valence-electron chi connectivity index (χ4n) is 1.52. The highest BCUT2D eigenvalue weighted by Gasteiger charge is 2.32. The summed E-state index contributed by atoms with van der Waals surface area (Å²) in [5.74, 6) is -1.29. The van der Waals surface area contributed by atoms with Gasteiger partial charge in [0, 0.05) is 0 Å². The molecule has 1 rings (SSSR count). The van der Waals surface area contributed by atoms with Crippen molar-refractivity contribution >= 4 is 17.5 Å². The van der Waals surface area contributed by atoms with E-state index in [4.69, 9.17) is 11.5 Å². The molecule has 19 heavy (non-hydrogen) atoms. The summed E-state index contributed by atoms with van der Waals surface area (Å²) in [6.45, 7) is 3.42. The van der Waals surface area contributed by atoms with Crippen LogP contribution in [0.25, 0.3) is 0 Å². The number of hydrogen-bond donors (Lipinski definition) is 3. The van der Waals surface area contributed by atoms with Gasteiger partial charge >= 0.3 is 6.18 Å². The van der Waals surface area contributed by atoms with Gasteiger partial charge in [-0.3, -0.25) is 4.79 Å². The van der Waals surface area contributed by atoms with Crippen LogP contribution in [-0.2, 0) is 11.0 Å². The number of carbonyl (C=O) groups excluding carboxylic acids is 1. The minimum absolute atomic E-state index is 0.134. The van der Waals surface area contributed by atoms with Gasteiger partial charge in [0.2, 0.25) is 5.91 Å². The SMILES string of the molecule is CC(C)C(Nc1cc(C(F)(F)F)cc(N)n1)C(N)=O. The second-order valence-corrected chi connectivity index (χ2v) is 4.43. The molecule has 0 aliphatic carbocycles. The molecule has 1 heterocycles. The third-order valence-corrected chi connectivity index (χ3v) is 2.45. The molecule has 0 fully saturated rings. The molecular formula is C11H15F3N4O. The zero-order valence-electron chi connectivity index (χ0n) is 10.5. The Hall–Kier alpha value is -1.99. The third kappa shape index (κ3) is 4.01. The van der Waals surface area contributed by atoms with Crippen LogP contribution in [0.3, 0.4) is 0 Å². The molecule has 8 heteroatoms. The Kier molecular flexibility index (Phi) is 4.23. The molecule has 5 N–H and O–H groups in total. The smallest absolute Gasteiger partial charge is 0.384 e. The molecule has 0 radical (unpaired) electrons. The van der Waals surface area contributed by atoms with Crippen LogP contribution in [0.5, 0.6) is 0 Å². The van der Waals surface area contributed by atoms with Crippen molar-refractivity contribution in [3.8, 4) is 0 Å².